The van der Waals surface area contributed by atoms with Gasteiger partial charge in [0.05, 0.1) is 0 Å². The summed E-state index contributed by atoms with van der Waals surface area (Å²) in [6.45, 7) is 2.84. The van der Waals surface area contributed by atoms with E-state index in [0.29, 0.717) is 11.7 Å². The summed E-state index contributed by atoms with van der Waals surface area (Å²) in [6.07, 6.45) is 6.28. The van der Waals surface area contributed by atoms with Crippen LogP contribution in [-0.2, 0) is 4.79 Å². The molecule has 1 aliphatic heterocycles. The zero-order chi connectivity index (χ0) is 13.9. The summed E-state index contributed by atoms with van der Waals surface area (Å²) >= 11 is 0. The topological polar surface area (TPSA) is 82.2 Å². The van der Waals surface area contributed by atoms with Crippen LogP contribution in [0.4, 0.5) is 0 Å². The van der Waals surface area contributed by atoms with Gasteiger partial charge in [0.2, 0.25) is 5.96 Å². The van der Waals surface area contributed by atoms with Crippen molar-refractivity contribution in [2.75, 3.05) is 6.54 Å². The lowest BCUT2D eigenvalue weighted by atomic mass is 10.2. The highest BCUT2D eigenvalue weighted by molar-refractivity contribution is 6.14. The Morgan fingerprint density at radius 2 is 2.18 bits per heavy atom. The maximum Gasteiger partial charge on any atom is 0.276 e. The number of aliphatic imine (C=N–C) groups is 1. The molecule has 3 rings (SSSR count). The predicted octanol–water partition coefficient (Wildman–Crippen LogP) is 2.23. The number of nitrogens with zero attached hydrogens (tertiary/aromatic N) is 2. The maximum atomic E-state index is 11.9. The van der Waals surface area contributed by atoms with Crippen molar-refractivity contribution in [1.29, 1.82) is 0 Å². The third-order valence-electron chi connectivity index (χ3n) is 3.01. The first kappa shape index (κ1) is 18.0. The molecule has 0 unspecified atom stereocenters. The van der Waals surface area contributed by atoms with Crippen molar-refractivity contribution in [2.45, 2.75) is 13.3 Å². The number of amides is 1. The fourth-order valence-electron chi connectivity index (χ4n) is 2.04. The number of carbonyl (C=O) groups is 1. The van der Waals surface area contributed by atoms with Crippen LogP contribution in [-0.4, -0.2) is 28.4 Å². The standard InChI is InChI=1S/C14H15N5O.2ClH/c1-2-5-16-14-18-11(13(20)19-14)7-9-8-17-12-10(9)4-3-6-15-12;;/h3-4,6-8H,2,5H2,1H3,(H,15,17)(H2,16,18,19,20);2*1H. The van der Waals surface area contributed by atoms with Gasteiger partial charge in [-0.05, 0) is 24.6 Å². The Kier molecular flexibility index (Phi) is 6.39. The average Bonchev–Trinajstić information content (AvgIpc) is 3.02. The van der Waals surface area contributed by atoms with Crippen LogP contribution in [0.5, 0.6) is 0 Å². The van der Waals surface area contributed by atoms with Gasteiger partial charge in [0.25, 0.3) is 5.91 Å². The number of hydrogen-bond acceptors (Lipinski definition) is 4. The van der Waals surface area contributed by atoms with Crippen LogP contribution in [0.25, 0.3) is 17.1 Å². The van der Waals surface area contributed by atoms with Gasteiger partial charge in [-0.1, -0.05) is 6.92 Å². The van der Waals surface area contributed by atoms with Crippen molar-refractivity contribution < 1.29 is 4.79 Å². The molecule has 0 saturated carbocycles. The highest BCUT2D eigenvalue weighted by Crippen LogP contribution is 2.20. The minimum atomic E-state index is -0.193. The number of carbonyl (C=O) groups excluding carboxylic acids is 1. The van der Waals surface area contributed by atoms with Crippen LogP contribution < -0.4 is 10.6 Å². The predicted molar refractivity (Wildman–Crippen MR) is 92.4 cm³/mol. The molecule has 8 heteroatoms. The molecule has 0 fully saturated rings. The van der Waals surface area contributed by atoms with E-state index in [2.05, 4.69) is 32.5 Å². The smallest absolute Gasteiger partial charge is 0.276 e. The van der Waals surface area contributed by atoms with E-state index in [9.17, 15) is 4.79 Å². The van der Waals surface area contributed by atoms with E-state index in [1.165, 1.54) is 0 Å². The molecule has 0 atom stereocenters. The van der Waals surface area contributed by atoms with Gasteiger partial charge >= 0.3 is 0 Å². The first-order valence-corrected chi connectivity index (χ1v) is 6.55. The van der Waals surface area contributed by atoms with Gasteiger partial charge in [0.1, 0.15) is 11.3 Å². The monoisotopic (exact) mass is 341 g/mol. The molecule has 6 nitrogen and oxygen atoms in total. The van der Waals surface area contributed by atoms with Gasteiger partial charge in [-0.15, -0.1) is 24.8 Å². The number of aromatic amines is 1. The van der Waals surface area contributed by atoms with Crippen molar-refractivity contribution in [3.05, 3.63) is 35.8 Å². The second-order valence-electron chi connectivity index (χ2n) is 4.51. The Morgan fingerprint density at radius 1 is 1.36 bits per heavy atom. The number of pyridine rings is 1. The average molecular weight is 342 g/mol. The number of halogens is 2. The van der Waals surface area contributed by atoms with Gasteiger partial charge in [0, 0.05) is 29.9 Å². The van der Waals surface area contributed by atoms with E-state index in [0.717, 1.165) is 29.6 Å². The molecule has 0 saturated heterocycles. The number of H-pyrrole nitrogens is 1. The van der Waals surface area contributed by atoms with Gasteiger partial charge < -0.3 is 10.3 Å². The normalized spacial score (nSPS) is 15.0. The Morgan fingerprint density at radius 3 is 2.95 bits per heavy atom. The van der Waals surface area contributed by atoms with E-state index in [-0.39, 0.29) is 30.7 Å². The van der Waals surface area contributed by atoms with Crippen molar-refractivity contribution in [2.24, 2.45) is 4.99 Å². The highest BCUT2D eigenvalue weighted by atomic mass is 35.5. The number of nitrogens with one attached hydrogen (secondary N) is 3. The Hall–Kier alpha value is -2.05. The second kappa shape index (κ2) is 7.82. The number of hydrogen-bond donors (Lipinski definition) is 3. The molecule has 0 aromatic carbocycles. The molecule has 118 valence electrons. The SMILES string of the molecule is CCCNC1=NC(=Cc2c[nH]c3ncccc23)C(=O)N1.Cl.Cl. The van der Waals surface area contributed by atoms with Crippen molar-refractivity contribution in [3.63, 3.8) is 0 Å². The summed E-state index contributed by atoms with van der Waals surface area (Å²) in [5, 5.41) is 6.74. The lowest BCUT2D eigenvalue weighted by Gasteiger charge is -2.01. The molecule has 2 aromatic rings. The summed E-state index contributed by atoms with van der Waals surface area (Å²) in [4.78, 5) is 23.4. The first-order chi connectivity index (χ1) is 9.78. The van der Waals surface area contributed by atoms with Crippen LogP contribution in [0.2, 0.25) is 0 Å². The lowest BCUT2D eigenvalue weighted by molar-refractivity contribution is -0.115. The van der Waals surface area contributed by atoms with E-state index >= 15 is 0 Å². The van der Waals surface area contributed by atoms with Crippen molar-refractivity contribution in [1.82, 2.24) is 20.6 Å². The molecule has 0 spiro atoms. The highest BCUT2D eigenvalue weighted by Gasteiger charge is 2.19. The van der Waals surface area contributed by atoms with Gasteiger partial charge in [0.15, 0.2) is 0 Å². The fourth-order valence-corrected chi connectivity index (χ4v) is 2.04. The molecule has 0 aliphatic carbocycles. The Balaban J connectivity index is 0.00000121. The van der Waals surface area contributed by atoms with E-state index in [1.807, 2.05) is 18.3 Å². The van der Waals surface area contributed by atoms with Gasteiger partial charge in [-0.25, -0.2) is 9.98 Å². The van der Waals surface area contributed by atoms with E-state index < -0.39 is 0 Å². The minimum absolute atomic E-state index is 0. The number of aromatic nitrogens is 2. The third kappa shape index (κ3) is 3.58. The molecular weight excluding hydrogens is 325 g/mol. The molecule has 0 radical (unpaired) electrons. The Labute approximate surface area is 140 Å². The lowest BCUT2D eigenvalue weighted by Crippen LogP contribution is -2.36. The largest absolute Gasteiger partial charge is 0.356 e. The Bertz CT molecular complexity index is 723. The molecule has 1 aliphatic rings. The molecule has 0 bridgehead atoms. The van der Waals surface area contributed by atoms with Gasteiger partial charge in [-0.2, -0.15) is 0 Å². The number of fused-ring (bicyclic) bond motifs is 1. The summed E-state index contributed by atoms with van der Waals surface area (Å²) in [7, 11) is 0. The second-order valence-corrected chi connectivity index (χ2v) is 4.51. The number of guanidine groups is 1. The molecule has 2 aromatic heterocycles. The van der Waals surface area contributed by atoms with Crippen LogP contribution >= 0.6 is 24.8 Å². The molecule has 22 heavy (non-hydrogen) atoms. The van der Waals surface area contributed by atoms with Crippen molar-refractivity contribution >= 4 is 53.8 Å². The van der Waals surface area contributed by atoms with E-state index in [1.54, 1.807) is 12.3 Å². The summed E-state index contributed by atoms with van der Waals surface area (Å²) in [6, 6.07) is 3.82. The maximum absolute atomic E-state index is 11.9. The van der Waals surface area contributed by atoms with Crippen LogP contribution in [0, 0.1) is 0 Å². The van der Waals surface area contributed by atoms with E-state index in [4.69, 9.17) is 0 Å². The molecule has 1 amide bonds. The summed E-state index contributed by atoms with van der Waals surface area (Å²) in [5.41, 5.74) is 2.10. The molecule has 3 N–H and O–H groups in total. The van der Waals surface area contributed by atoms with Crippen molar-refractivity contribution in [3.8, 4) is 0 Å². The zero-order valence-electron chi connectivity index (χ0n) is 11.9. The summed E-state index contributed by atoms with van der Waals surface area (Å²) in [5.74, 6) is 0.322. The third-order valence-corrected chi connectivity index (χ3v) is 3.01. The molecule has 3 heterocycles. The quantitative estimate of drug-likeness (QED) is 0.748. The van der Waals surface area contributed by atoms with Crippen LogP contribution in [0.3, 0.4) is 0 Å². The fraction of sp³-hybridized carbons (Fsp3) is 0.214. The summed E-state index contributed by atoms with van der Waals surface area (Å²) < 4.78 is 0. The minimum Gasteiger partial charge on any atom is -0.356 e. The number of rotatable bonds is 3. The van der Waals surface area contributed by atoms with Crippen LogP contribution in [0.15, 0.2) is 35.2 Å². The first-order valence-electron chi connectivity index (χ1n) is 6.55. The van der Waals surface area contributed by atoms with Gasteiger partial charge in [-0.3, -0.25) is 10.1 Å². The van der Waals surface area contributed by atoms with Crippen LogP contribution in [0.1, 0.15) is 18.9 Å². The zero-order valence-corrected chi connectivity index (χ0v) is 13.6. The molecular formula is C14H17Cl2N5O.